The first kappa shape index (κ1) is 12.9. The van der Waals surface area contributed by atoms with E-state index in [0.29, 0.717) is 0 Å². The van der Waals surface area contributed by atoms with Gasteiger partial charge in [0.1, 0.15) is 5.82 Å². The van der Waals surface area contributed by atoms with E-state index in [1.54, 1.807) is 6.20 Å². The molecule has 0 bridgehead atoms. The minimum Gasteiger partial charge on any atom is -0.394 e. The number of hydrogen-bond donors (Lipinski definition) is 2. The molecule has 0 saturated heterocycles. The molecule has 1 atom stereocenters. The highest BCUT2D eigenvalue weighted by molar-refractivity contribution is 5.43. The summed E-state index contributed by atoms with van der Waals surface area (Å²) in [5, 5.41) is 9.31. The number of hydrogen-bond acceptors (Lipinski definition) is 4. The van der Waals surface area contributed by atoms with Crippen LogP contribution in [0.4, 0.5) is 5.82 Å². The molecule has 3 N–H and O–H groups in total. The Morgan fingerprint density at radius 2 is 2.19 bits per heavy atom. The SMILES string of the molecule is C[C@@H](N)c1ccnc(N(C)C(C)(C)CO)c1. The van der Waals surface area contributed by atoms with Crippen LogP contribution in [0.1, 0.15) is 32.4 Å². The van der Waals surface area contributed by atoms with Crippen molar-refractivity contribution < 1.29 is 5.11 Å². The molecule has 90 valence electrons. The first-order chi connectivity index (χ1) is 7.38. The fourth-order valence-electron chi connectivity index (χ4n) is 1.32. The second-order valence-corrected chi connectivity index (χ2v) is 4.77. The van der Waals surface area contributed by atoms with E-state index in [4.69, 9.17) is 5.73 Å². The lowest BCUT2D eigenvalue weighted by molar-refractivity contribution is 0.215. The van der Waals surface area contributed by atoms with Crippen LogP contribution in [0.25, 0.3) is 0 Å². The summed E-state index contributed by atoms with van der Waals surface area (Å²) < 4.78 is 0. The Bertz CT molecular complexity index is 350. The van der Waals surface area contributed by atoms with Crippen molar-refractivity contribution in [3.63, 3.8) is 0 Å². The van der Waals surface area contributed by atoms with Gasteiger partial charge in [-0.05, 0) is 38.5 Å². The van der Waals surface area contributed by atoms with E-state index >= 15 is 0 Å². The van der Waals surface area contributed by atoms with Gasteiger partial charge in [-0.3, -0.25) is 0 Å². The van der Waals surface area contributed by atoms with Crippen LogP contribution >= 0.6 is 0 Å². The number of pyridine rings is 1. The average molecular weight is 223 g/mol. The summed E-state index contributed by atoms with van der Waals surface area (Å²) in [5.74, 6) is 0.828. The summed E-state index contributed by atoms with van der Waals surface area (Å²) in [6.07, 6.45) is 1.75. The Morgan fingerprint density at radius 3 is 2.69 bits per heavy atom. The number of anilines is 1. The van der Waals surface area contributed by atoms with Gasteiger partial charge >= 0.3 is 0 Å². The van der Waals surface area contributed by atoms with Crippen molar-refractivity contribution in [2.45, 2.75) is 32.4 Å². The van der Waals surface area contributed by atoms with Crippen LogP contribution in [0.15, 0.2) is 18.3 Å². The zero-order valence-corrected chi connectivity index (χ0v) is 10.4. The molecule has 0 amide bonds. The summed E-state index contributed by atoms with van der Waals surface area (Å²) in [4.78, 5) is 6.25. The van der Waals surface area contributed by atoms with Gasteiger partial charge in [-0.2, -0.15) is 0 Å². The van der Waals surface area contributed by atoms with Crippen LogP contribution in [0.5, 0.6) is 0 Å². The molecule has 1 aromatic heterocycles. The van der Waals surface area contributed by atoms with E-state index < -0.39 is 0 Å². The molecule has 16 heavy (non-hydrogen) atoms. The van der Waals surface area contributed by atoms with Crippen LogP contribution in [0.3, 0.4) is 0 Å². The third-order valence-corrected chi connectivity index (χ3v) is 2.93. The van der Waals surface area contributed by atoms with Crippen LogP contribution in [0.2, 0.25) is 0 Å². The molecular weight excluding hydrogens is 202 g/mol. The first-order valence-corrected chi connectivity index (χ1v) is 5.44. The monoisotopic (exact) mass is 223 g/mol. The van der Waals surface area contributed by atoms with E-state index in [1.165, 1.54) is 0 Å². The fraction of sp³-hybridized carbons (Fsp3) is 0.583. The second kappa shape index (κ2) is 4.80. The Hall–Kier alpha value is -1.13. The fourth-order valence-corrected chi connectivity index (χ4v) is 1.32. The normalized spacial score (nSPS) is 13.6. The van der Waals surface area contributed by atoms with E-state index in [-0.39, 0.29) is 18.2 Å². The number of likely N-dealkylation sites (N-methyl/N-ethyl adjacent to an activating group) is 1. The van der Waals surface area contributed by atoms with Crippen molar-refractivity contribution in [3.8, 4) is 0 Å². The molecular formula is C12H21N3O. The lowest BCUT2D eigenvalue weighted by atomic mass is 10.0. The molecule has 1 rings (SSSR count). The molecule has 0 saturated carbocycles. The zero-order valence-electron chi connectivity index (χ0n) is 10.4. The van der Waals surface area contributed by atoms with Crippen LogP contribution in [0, 0.1) is 0 Å². The van der Waals surface area contributed by atoms with Gasteiger partial charge in [-0.25, -0.2) is 4.98 Å². The van der Waals surface area contributed by atoms with E-state index in [1.807, 2.05) is 44.9 Å². The van der Waals surface area contributed by atoms with Gasteiger partial charge < -0.3 is 15.7 Å². The maximum absolute atomic E-state index is 9.31. The molecule has 0 unspecified atom stereocenters. The molecule has 0 aliphatic carbocycles. The Balaban J connectivity index is 3.00. The van der Waals surface area contributed by atoms with E-state index in [0.717, 1.165) is 11.4 Å². The van der Waals surface area contributed by atoms with Gasteiger partial charge in [0.25, 0.3) is 0 Å². The van der Waals surface area contributed by atoms with Gasteiger partial charge in [0, 0.05) is 19.3 Å². The van der Waals surface area contributed by atoms with Gasteiger partial charge in [0.2, 0.25) is 0 Å². The third-order valence-electron chi connectivity index (χ3n) is 2.93. The molecule has 0 aromatic carbocycles. The Kier molecular flexibility index (Phi) is 3.88. The molecule has 0 fully saturated rings. The van der Waals surface area contributed by atoms with Crippen LogP contribution < -0.4 is 10.6 Å². The summed E-state index contributed by atoms with van der Waals surface area (Å²) in [6.45, 7) is 5.95. The van der Waals surface area contributed by atoms with E-state index in [9.17, 15) is 5.11 Å². The second-order valence-electron chi connectivity index (χ2n) is 4.77. The topological polar surface area (TPSA) is 62.4 Å². The first-order valence-electron chi connectivity index (χ1n) is 5.44. The maximum Gasteiger partial charge on any atom is 0.129 e. The maximum atomic E-state index is 9.31. The number of aliphatic hydroxyl groups is 1. The van der Waals surface area contributed by atoms with Crippen LogP contribution in [-0.2, 0) is 0 Å². The predicted molar refractivity (Wildman–Crippen MR) is 66.4 cm³/mol. The molecule has 0 radical (unpaired) electrons. The van der Waals surface area contributed by atoms with Crippen molar-refractivity contribution in [1.82, 2.24) is 4.98 Å². The standard InChI is InChI=1S/C12H21N3O/c1-9(13)10-5-6-14-11(7-10)15(4)12(2,3)8-16/h5-7,9,16H,8,13H2,1-4H3/t9-/m1/s1. The molecule has 0 aliphatic rings. The lowest BCUT2D eigenvalue weighted by Crippen LogP contribution is -2.44. The summed E-state index contributed by atoms with van der Waals surface area (Å²) in [5.41, 5.74) is 6.55. The minimum absolute atomic E-state index is 0.00705. The molecule has 0 spiro atoms. The minimum atomic E-state index is -0.330. The molecule has 1 aromatic rings. The van der Waals surface area contributed by atoms with Crippen molar-refractivity contribution >= 4 is 5.82 Å². The van der Waals surface area contributed by atoms with Gasteiger partial charge in [0.05, 0.1) is 12.1 Å². The number of aromatic nitrogens is 1. The predicted octanol–water partition coefficient (Wildman–Crippen LogP) is 1.31. The van der Waals surface area contributed by atoms with Crippen molar-refractivity contribution in [3.05, 3.63) is 23.9 Å². The van der Waals surface area contributed by atoms with Gasteiger partial charge in [-0.15, -0.1) is 0 Å². The van der Waals surface area contributed by atoms with Gasteiger partial charge in [0.15, 0.2) is 0 Å². The van der Waals surface area contributed by atoms with Crippen LogP contribution in [-0.4, -0.2) is 29.3 Å². The summed E-state index contributed by atoms with van der Waals surface area (Å²) >= 11 is 0. The van der Waals surface area contributed by atoms with Crippen molar-refractivity contribution in [2.75, 3.05) is 18.6 Å². The smallest absolute Gasteiger partial charge is 0.129 e. The highest BCUT2D eigenvalue weighted by atomic mass is 16.3. The largest absolute Gasteiger partial charge is 0.394 e. The molecule has 4 nitrogen and oxygen atoms in total. The quantitative estimate of drug-likeness (QED) is 0.808. The number of nitrogens with two attached hydrogens (primary N) is 1. The Morgan fingerprint density at radius 1 is 1.56 bits per heavy atom. The lowest BCUT2D eigenvalue weighted by Gasteiger charge is -2.35. The van der Waals surface area contributed by atoms with Gasteiger partial charge in [-0.1, -0.05) is 0 Å². The van der Waals surface area contributed by atoms with Crippen molar-refractivity contribution in [2.24, 2.45) is 5.73 Å². The summed E-state index contributed by atoms with van der Waals surface area (Å²) in [6, 6.07) is 3.86. The number of nitrogens with zero attached hydrogens (tertiary/aromatic N) is 2. The van der Waals surface area contributed by atoms with Crippen molar-refractivity contribution in [1.29, 1.82) is 0 Å². The molecule has 1 heterocycles. The average Bonchev–Trinajstić information content (AvgIpc) is 2.28. The molecule has 0 aliphatic heterocycles. The summed E-state index contributed by atoms with van der Waals surface area (Å²) in [7, 11) is 1.92. The Labute approximate surface area is 97.1 Å². The number of rotatable bonds is 4. The highest BCUT2D eigenvalue weighted by Crippen LogP contribution is 2.22. The van der Waals surface area contributed by atoms with E-state index in [2.05, 4.69) is 4.98 Å². The third kappa shape index (κ3) is 2.71. The number of aliphatic hydroxyl groups excluding tert-OH is 1. The highest BCUT2D eigenvalue weighted by Gasteiger charge is 2.23. The zero-order chi connectivity index (χ0) is 12.3. The molecule has 4 heteroatoms.